The molecule has 426 valence electrons. The Bertz CT molecular complexity index is 5010. The molecule has 0 saturated carbocycles. The molecule has 0 N–H and O–H groups in total. The van der Waals surface area contributed by atoms with Crippen LogP contribution in [-0.2, 0) is 12.4 Å². The Kier molecular flexibility index (Phi) is 12.7. The second-order valence-corrected chi connectivity index (χ2v) is 23.2. The molecule has 0 spiro atoms. The van der Waals surface area contributed by atoms with Gasteiger partial charge in [0, 0.05) is 22.7 Å². The molecule has 0 aromatic heterocycles. The van der Waals surface area contributed by atoms with Crippen molar-refractivity contribution < 1.29 is 26.3 Å². The zero-order valence-corrected chi connectivity index (χ0v) is 48.4. The summed E-state index contributed by atoms with van der Waals surface area (Å²) in [5.41, 5.74) is 9.53. The third-order valence-corrected chi connectivity index (χ3v) is 17.9. The molecule has 0 unspecified atom stereocenters. The molecule has 8 heteroatoms. The molecule has 0 aliphatic rings. The third kappa shape index (κ3) is 9.04. The van der Waals surface area contributed by atoms with Crippen LogP contribution < -0.4 is 9.80 Å². The minimum Gasteiger partial charge on any atom is -0.310 e. The standard InChI is InChI=1S/C80H54F6N2/c1-47-15-13-16-48(2)77(47)55-29-35-61-65(41-55)71-45-70-64-38-34-60(88(76-26-12-10-24-74(76)80(84,85)86)58-32-28-52-20-6-8-22-54(52)40-58)44-68(64)62-36-30-56(78-49(3)17-14-18-50(78)4)42-66(62)72(70)46-69(71)63-37-33-59(43-67(61)63)87(75-25-11-9-23-73(75)79(81,82)83)57-31-27-51-19-5-7-21-53(51)39-57/h5-46H,1-4H3. The molecule has 2 nitrogen and oxygen atoms in total. The van der Waals surface area contributed by atoms with Gasteiger partial charge in [0.2, 0.25) is 0 Å². The predicted molar refractivity (Wildman–Crippen MR) is 356 cm³/mol. The number of fused-ring (bicyclic) bond motifs is 14. The summed E-state index contributed by atoms with van der Waals surface area (Å²) in [4.78, 5) is 3.45. The number of hydrogen-bond acceptors (Lipinski definition) is 2. The zero-order chi connectivity index (χ0) is 60.3. The first-order chi connectivity index (χ1) is 42.6. The van der Waals surface area contributed by atoms with E-state index in [0.717, 1.165) is 143 Å². The summed E-state index contributed by atoms with van der Waals surface area (Å²) in [6.07, 6.45) is -9.31. The fourth-order valence-corrected chi connectivity index (χ4v) is 13.9. The van der Waals surface area contributed by atoms with Gasteiger partial charge in [0.25, 0.3) is 0 Å². The molecule has 0 heterocycles. The molecule has 15 aromatic carbocycles. The van der Waals surface area contributed by atoms with Gasteiger partial charge in [-0.25, -0.2) is 0 Å². The lowest BCUT2D eigenvalue weighted by Crippen LogP contribution is -2.16. The van der Waals surface area contributed by atoms with E-state index in [0.29, 0.717) is 22.7 Å². The molecule has 0 fully saturated rings. The van der Waals surface area contributed by atoms with Crippen molar-refractivity contribution in [2.75, 3.05) is 9.80 Å². The van der Waals surface area contributed by atoms with Crippen LogP contribution in [0.1, 0.15) is 33.4 Å². The van der Waals surface area contributed by atoms with Crippen molar-refractivity contribution in [2.45, 2.75) is 40.0 Å². The Labute approximate surface area is 504 Å². The Morgan fingerprint density at radius 1 is 0.239 bits per heavy atom. The maximum absolute atomic E-state index is 15.3. The lowest BCUT2D eigenvalue weighted by molar-refractivity contribution is -0.137. The highest BCUT2D eigenvalue weighted by Crippen LogP contribution is 2.51. The van der Waals surface area contributed by atoms with E-state index in [1.54, 1.807) is 21.9 Å². The summed E-state index contributed by atoms with van der Waals surface area (Å²) < 4.78 is 91.7. The monoisotopic (exact) mass is 1160 g/mol. The van der Waals surface area contributed by atoms with E-state index in [9.17, 15) is 0 Å². The number of hydrogen-bond donors (Lipinski definition) is 0. The first kappa shape index (κ1) is 54.2. The van der Waals surface area contributed by atoms with E-state index in [-0.39, 0.29) is 11.4 Å². The van der Waals surface area contributed by atoms with Gasteiger partial charge in [-0.3, -0.25) is 0 Å². The second-order valence-electron chi connectivity index (χ2n) is 23.2. The number of benzene rings is 15. The van der Waals surface area contributed by atoms with Crippen LogP contribution >= 0.6 is 0 Å². The van der Waals surface area contributed by atoms with E-state index in [4.69, 9.17) is 0 Å². The van der Waals surface area contributed by atoms with Crippen LogP contribution in [-0.4, -0.2) is 0 Å². The minimum absolute atomic E-state index is 0.00387. The topological polar surface area (TPSA) is 6.48 Å². The summed E-state index contributed by atoms with van der Waals surface area (Å²) in [7, 11) is 0. The zero-order valence-electron chi connectivity index (χ0n) is 48.4. The molecule has 88 heavy (non-hydrogen) atoms. The van der Waals surface area contributed by atoms with Gasteiger partial charge in [0.05, 0.1) is 22.5 Å². The summed E-state index contributed by atoms with van der Waals surface area (Å²) in [6, 6.07) is 81.1. The maximum Gasteiger partial charge on any atom is 0.418 e. The van der Waals surface area contributed by atoms with Crippen LogP contribution in [0.3, 0.4) is 0 Å². The normalized spacial score (nSPS) is 12.2. The third-order valence-electron chi connectivity index (χ3n) is 17.9. The largest absolute Gasteiger partial charge is 0.418 e. The van der Waals surface area contributed by atoms with Crippen molar-refractivity contribution in [1.29, 1.82) is 0 Å². The highest BCUT2D eigenvalue weighted by molar-refractivity contribution is 6.34. The average Bonchev–Trinajstić information content (AvgIpc) is 0.739. The molecule has 15 rings (SSSR count). The predicted octanol–water partition coefficient (Wildman–Crippen LogP) is 24.5. The smallest absolute Gasteiger partial charge is 0.310 e. The minimum atomic E-state index is -4.65. The van der Waals surface area contributed by atoms with Gasteiger partial charge in [-0.2, -0.15) is 26.3 Å². The summed E-state index contributed by atoms with van der Waals surface area (Å²) in [5, 5.41) is 14.9. The summed E-state index contributed by atoms with van der Waals surface area (Å²) in [5.74, 6) is 0. The van der Waals surface area contributed by atoms with Crippen molar-refractivity contribution >= 4 is 120 Å². The average molecular weight is 1160 g/mol. The molecule has 0 radical (unpaired) electrons. The molecule has 0 bridgehead atoms. The molecule has 0 amide bonds. The van der Waals surface area contributed by atoms with Crippen molar-refractivity contribution in [3.05, 3.63) is 288 Å². The number of halogens is 6. The molecule has 15 aromatic rings. The van der Waals surface area contributed by atoms with Crippen molar-refractivity contribution in [3.8, 4) is 22.3 Å². The number of anilines is 6. The lowest BCUT2D eigenvalue weighted by atomic mass is 9.86. The maximum atomic E-state index is 15.3. The van der Waals surface area contributed by atoms with Crippen molar-refractivity contribution in [1.82, 2.24) is 0 Å². The Morgan fingerprint density at radius 2 is 0.534 bits per heavy atom. The molecule has 0 saturated heterocycles. The number of para-hydroxylation sites is 2. The van der Waals surface area contributed by atoms with Crippen LogP contribution in [0, 0.1) is 27.7 Å². The van der Waals surface area contributed by atoms with Crippen LogP contribution in [0.5, 0.6) is 0 Å². The van der Waals surface area contributed by atoms with Gasteiger partial charge in [0.1, 0.15) is 0 Å². The number of rotatable bonds is 8. The highest BCUT2D eigenvalue weighted by Gasteiger charge is 2.37. The Morgan fingerprint density at radius 3 is 0.920 bits per heavy atom. The van der Waals surface area contributed by atoms with Gasteiger partial charge in [-0.1, -0.05) is 158 Å². The van der Waals surface area contributed by atoms with Crippen LogP contribution in [0.4, 0.5) is 60.5 Å². The van der Waals surface area contributed by atoms with E-state index >= 15 is 26.3 Å². The number of alkyl halides is 6. The molecule has 0 atom stereocenters. The van der Waals surface area contributed by atoms with Crippen LogP contribution in [0.25, 0.3) is 108 Å². The first-order valence-electron chi connectivity index (χ1n) is 29.4. The fraction of sp³-hybridized carbons (Fsp3) is 0.0750. The number of aryl methyl sites for hydroxylation is 4. The fourth-order valence-electron chi connectivity index (χ4n) is 13.9. The number of nitrogens with zero attached hydrogens (tertiary/aromatic N) is 2. The van der Waals surface area contributed by atoms with E-state index in [1.807, 2.05) is 109 Å². The van der Waals surface area contributed by atoms with Crippen molar-refractivity contribution in [3.63, 3.8) is 0 Å². The lowest BCUT2D eigenvalue weighted by Gasteiger charge is -2.29. The van der Waals surface area contributed by atoms with Gasteiger partial charge >= 0.3 is 12.4 Å². The molecule has 0 aliphatic heterocycles. The van der Waals surface area contributed by atoms with E-state index < -0.39 is 23.5 Å². The SMILES string of the molecule is Cc1cccc(C)c1-c1ccc2c(c1)c1cc3c4ccc(N(c5ccc6ccccc6c5)c5ccccc5C(F)(F)F)cc4c4ccc(-c5c(C)cccc5C)cc4c3cc1c1ccc(N(c3ccc4ccccc4c3)c3ccccc3C(F)(F)F)cc21. The van der Waals surface area contributed by atoms with Gasteiger partial charge in [0.15, 0.2) is 0 Å². The molecular formula is C80H54F6N2. The Balaban J connectivity index is 1.05. The first-order valence-corrected chi connectivity index (χ1v) is 29.4. The molecule has 0 aliphatic carbocycles. The summed E-state index contributed by atoms with van der Waals surface area (Å²) in [6.45, 7) is 8.47. The van der Waals surface area contributed by atoms with Crippen LogP contribution in [0.2, 0.25) is 0 Å². The quantitative estimate of drug-likeness (QED) is 0.0850. The van der Waals surface area contributed by atoms with Crippen LogP contribution in [0.15, 0.2) is 255 Å². The van der Waals surface area contributed by atoms with Gasteiger partial charge in [-0.15, -0.1) is 0 Å². The highest BCUT2D eigenvalue weighted by atomic mass is 19.4. The van der Waals surface area contributed by atoms with Gasteiger partial charge < -0.3 is 9.80 Å². The van der Waals surface area contributed by atoms with E-state index in [2.05, 4.69) is 125 Å². The Hall–Kier alpha value is -10.4. The van der Waals surface area contributed by atoms with E-state index in [1.165, 1.54) is 24.3 Å². The van der Waals surface area contributed by atoms with Gasteiger partial charge in [-0.05, 0) is 255 Å². The second kappa shape index (κ2) is 20.6. The van der Waals surface area contributed by atoms with Crippen molar-refractivity contribution in [2.24, 2.45) is 0 Å². The summed E-state index contributed by atoms with van der Waals surface area (Å²) >= 11 is 0. The molecular weight excluding hydrogens is 1100 g/mol.